The van der Waals surface area contributed by atoms with Gasteiger partial charge in [-0.1, -0.05) is 18.6 Å². The zero-order valence-electron chi connectivity index (χ0n) is 11.1. The molecule has 106 valence electrons. The Balaban J connectivity index is 0.00000133. The molecule has 2 aliphatic rings. The molecule has 3 rings (SSSR count). The molecule has 1 heterocycles. The second kappa shape index (κ2) is 6.21. The van der Waals surface area contributed by atoms with Crippen molar-refractivity contribution < 1.29 is 4.39 Å². The molecule has 1 aliphatic heterocycles. The molecule has 2 fully saturated rings. The summed E-state index contributed by atoms with van der Waals surface area (Å²) in [6.07, 6.45) is 3.77. The summed E-state index contributed by atoms with van der Waals surface area (Å²) in [6, 6.07) is 7.32. The highest BCUT2D eigenvalue weighted by molar-refractivity contribution is 5.85. The Kier molecular flexibility index (Phi) is 4.82. The first kappa shape index (κ1) is 14.8. The van der Waals surface area contributed by atoms with Gasteiger partial charge in [-0.2, -0.15) is 0 Å². The van der Waals surface area contributed by atoms with E-state index in [1.807, 2.05) is 6.07 Å². The predicted molar refractivity (Wildman–Crippen MR) is 77.7 cm³/mol. The molecule has 3 unspecified atom stereocenters. The number of halogens is 2. The van der Waals surface area contributed by atoms with Crippen LogP contribution in [0, 0.1) is 17.7 Å². The SMILES string of the molecule is Cl.NC1CCCC2CN(Cc3cccc(F)c3)CC12. The van der Waals surface area contributed by atoms with Crippen LogP contribution in [0.15, 0.2) is 24.3 Å². The Morgan fingerprint density at radius 2 is 2.11 bits per heavy atom. The van der Waals surface area contributed by atoms with E-state index < -0.39 is 0 Å². The maximum atomic E-state index is 13.2. The predicted octanol–water partition coefficient (Wildman–Crippen LogP) is 2.81. The van der Waals surface area contributed by atoms with Gasteiger partial charge in [-0.3, -0.25) is 4.90 Å². The molecule has 1 aromatic carbocycles. The molecule has 1 saturated carbocycles. The van der Waals surface area contributed by atoms with Crippen molar-refractivity contribution in [3.63, 3.8) is 0 Å². The summed E-state index contributed by atoms with van der Waals surface area (Å²) in [5.74, 6) is 1.29. The molecular formula is C15H22ClFN2. The second-order valence-corrected chi connectivity index (χ2v) is 5.84. The van der Waals surface area contributed by atoms with E-state index in [-0.39, 0.29) is 18.2 Å². The van der Waals surface area contributed by atoms with Crippen molar-refractivity contribution in [2.45, 2.75) is 31.8 Å². The van der Waals surface area contributed by atoms with Crippen LogP contribution in [0.1, 0.15) is 24.8 Å². The van der Waals surface area contributed by atoms with Crippen LogP contribution in [0.4, 0.5) is 4.39 Å². The number of rotatable bonds is 2. The summed E-state index contributed by atoms with van der Waals surface area (Å²) >= 11 is 0. The van der Waals surface area contributed by atoms with Gasteiger partial charge in [-0.25, -0.2) is 4.39 Å². The summed E-state index contributed by atoms with van der Waals surface area (Å²) < 4.78 is 13.2. The lowest BCUT2D eigenvalue weighted by Crippen LogP contribution is -2.38. The van der Waals surface area contributed by atoms with Crippen molar-refractivity contribution in [3.8, 4) is 0 Å². The van der Waals surface area contributed by atoms with Gasteiger partial charge >= 0.3 is 0 Å². The molecule has 1 aliphatic carbocycles. The van der Waals surface area contributed by atoms with E-state index in [2.05, 4.69) is 4.90 Å². The lowest BCUT2D eigenvalue weighted by atomic mass is 9.78. The first-order valence-electron chi connectivity index (χ1n) is 6.95. The van der Waals surface area contributed by atoms with Crippen molar-refractivity contribution >= 4 is 12.4 Å². The highest BCUT2D eigenvalue weighted by Crippen LogP contribution is 2.35. The molecule has 2 nitrogen and oxygen atoms in total. The summed E-state index contributed by atoms with van der Waals surface area (Å²) in [6.45, 7) is 3.08. The number of nitrogens with two attached hydrogens (primary N) is 1. The van der Waals surface area contributed by atoms with Gasteiger partial charge in [0.2, 0.25) is 0 Å². The van der Waals surface area contributed by atoms with Gasteiger partial charge in [0.1, 0.15) is 5.82 Å². The van der Waals surface area contributed by atoms with E-state index in [1.54, 1.807) is 12.1 Å². The number of hydrogen-bond acceptors (Lipinski definition) is 2. The van der Waals surface area contributed by atoms with Crippen molar-refractivity contribution in [1.82, 2.24) is 4.90 Å². The molecule has 0 amide bonds. The molecule has 1 aromatic rings. The first-order chi connectivity index (χ1) is 8.72. The summed E-state index contributed by atoms with van der Waals surface area (Å²) in [7, 11) is 0. The van der Waals surface area contributed by atoms with E-state index in [1.165, 1.54) is 25.3 Å². The molecular weight excluding hydrogens is 263 g/mol. The second-order valence-electron chi connectivity index (χ2n) is 5.84. The third-order valence-electron chi connectivity index (χ3n) is 4.52. The van der Waals surface area contributed by atoms with Crippen molar-refractivity contribution in [3.05, 3.63) is 35.6 Å². The normalized spacial score (nSPS) is 30.7. The van der Waals surface area contributed by atoms with Gasteiger partial charge in [0.25, 0.3) is 0 Å². The molecule has 1 saturated heterocycles. The molecule has 0 spiro atoms. The topological polar surface area (TPSA) is 29.3 Å². The number of hydrogen-bond donors (Lipinski definition) is 1. The maximum absolute atomic E-state index is 13.2. The van der Waals surface area contributed by atoms with E-state index in [0.29, 0.717) is 12.0 Å². The number of nitrogens with zero attached hydrogens (tertiary/aromatic N) is 1. The molecule has 0 aromatic heterocycles. The largest absolute Gasteiger partial charge is 0.327 e. The molecule has 2 N–H and O–H groups in total. The van der Waals surface area contributed by atoms with Crippen LogP contribution < -0.4 is 5.73 Å². The minimum absolute atomic E-state index is 0. The van der Waals surface area contributed by atoms with Crippen LogP contribution >= 0.6 is 12.4 Å². The Bertz CT molecular complexity index is 426. The Morgan fingerprint density at radius 1 is 1.26 bits per heavy atom. The number of fused-ring (bicyclic) bond motifs is 1. The van der Waals surface area contributed by atoms with Crippen LogP contribution in [0.25, 0.3) is 0 Å². The van der Waals surface area contributed by atoms with Crippen LogP contribution in [0.3, 0.4) is 0 Å². The van der Waals surface area contributed by atoms with E-state index in [9.17, 15) is 4.39 Å². The fourth-order valence-electron chi connectivity index (χ4n) is 3.63. The smallest absolute Gasteiger partial charge is 0.123 e. The number of likely N-dealkylation sites (tertiary alicyclic amines) is 1. The van der Waals surface area contributed by atoms with Gasteiger partial charge in [0, 0.05) is 25.7 Å². The van der Waals surface area contributed by atoms with E-state index in [4.69, 9.17) is 5.73 Å². The summed E-state index contributed by atoms with van der Waals surface area (Å²) in [5, 5.41) is 0. The number of benzene rings is 1. The van der Waals surface area contributed by atoms with Gasteiger partial charge < -0.3 is 5.73 Å². The maximum Gasteiger partial charge on any atom is 0.123 e. The third kappa shape index (κ3) is 3.28. The van der Waals surface area contributed by atoms with Crippen LogP contribution in [-0.4, -0.2) is 24.0 Å². The zero-order chi connectivity index (χ0) is 12.5. The molecule has 19 heavy (non-hydrogen) atoms. The van der Waals surface area contributed by atoms with Gasteiger partial charge in [-0.15, -0.1) is 12.4 Å². The Morgan fingerprint density at radius 3 is 2.84 bits per heavy atom. The molecule has 4 heteroatoms. The molecule has 3 atom stereocenters. The van der Waals surface area contributed by atoms with Crippen LogP contribution in [0.5, 0.6) is 0 Å². The van der Waals surface area contributed by atoms with Crippen LogP contribution in [0.2, 0.25) is 0 Å². The minimum Gasteiger partial charge on any atom is -0.327 e. The first-order valence-corrected chi connectivity index (χ1v) is 6.95. The fourth-order valence-corrected chi connectivity index (χ4v) is 3.63. The quantitative estimate of drug-likeness (QED) is 0.905. The van der Waals surface area contributed by atoms with Gasteiger partial charge in [0.15, 0.2) is 0 Å². The Hall–Kier alpha value is -0.640. The average molecular weight is 285 g/mol. The van der Waals surface area contributed by atoms with Crippen molar-refractivity contribution in [1.29, 1.82) is 0 Å². The minimum atomic E-state index is -0.138. The van der Waals surface area contributed by atoms with Crippen molar-refractivity contribution in [2.24, 2.45) is 17.6 Å². The highest BCUT2D eigenvalue weighted by atomic mass is 35.5. The zero-order valence-corrected chi connectivity index (χ0v) is 11.9. The van der Waals surface area contributed by atoms with E-state index in [0.717, 1.165) is 31.1 Å². The molecule has 0 radical (unpaired) electrons. The highest BCUT2D eigenvalue weighted by Gasteiger charge is 2.38. The summed E-state index contributed by atoms with van der Waals surface area (Å²) in [4.78, 5) is 2.44. The summed E-state index contributed by atoms with van der Waals surface area (Å²) in [5.41, 5.74) is 7.28. The Labute approximate surface area is 120 Å². The van der Waals surface area contributed by atoms with Gasteiger partial charge in [-0.05, 0) is 42.4 Å². The fraction of sp³-hybridized carbons (Fsp3) is 0.600. The monoisotopic (exact) mass is 284 g/mol. The van der Waals surface area contributed by atoms with E-state index >= 15 is 0 Å². The standard InChI is InChI=1S/C15H21FN2.ClH/c16-13-5-1-3-11(7-13)8-18-9-12-4-2-6-15(17)14(12)10-18;/h1,3,5,7,12,14-15H,2,4,6,8-10,17H2;1H. The van der Waals surface area contributed by atoms with Crippen LogP contribution in [-0.2, 0) is 6.54 Å². The lowest BCUT2D eigenvalue weighted by Gasteiger charge is -2.29. The average Bonchev–Trinajstić information content (AvgIpc) is 2.73. The third-order valence-corrected chi connectivity index (χ3v) is 4.52. The molecule has 0 bridgehead atoms. The lowest BCUT2D eigenvalue weighted by molar-refractivity contribution is 0.259. The van der Waals surface area contributed by atoms with Gasteiger partial charge in [0.05, 0.1) is 0 Å². The van der Waals surface area contributed by atoms with Crippen molar-refractivity contribution in [2.75, 3.05) is 13.1 Å².